The van der Waals surface area contributed by atoms with Gasteiger partial charge in [-0.1, -0.05) is 13.8 Å². The van der Waals surface area contributed by atoms with Crippen LogP contribution in [-0.4, -0.2) is 22.4 Å². The maximum absolute atomic E-state index is 12.3. The molecule has 20 heavy (non-hydrogen) atoms. The van der Waals surface area contributed by atoms with Crippen molar-refractivity contribution >= 4 is 28.3 Å². The van der Waals surface area contributed by atoms with E-state index in [1.54, 1.807) is 0 Å². The summed E-state index contributed by atoms with van der Waals surface area (Å²) in [5, 5.41) is 7.32. The summed E-state index contributed by atoms with van der Waals surface area (Å²) in [6, 6.07) is 0.748. The Morgan fingerprint density at radius 2 is 2.05 bits per heavy atom. The van der Waals surface area contributed by atoms with Gasteiger partial charge < -0.3 is 16.4 Å². The van der Waals surface area contributed by atoms with Crippen LogP contribution in [0.1, 0.15) is 49.9 Å². The predicted octanol–water partition coefficient (Wildman–Crippen LogP) is 2.46. The lowest BCUT2D eigenvalue weighted by Gasteiger charge is -2.20. The quantitative estimate of drug-likeness (QED) is 0.797. The number of nitrogens with zero attached hydrogens (tertiary/aromatic N) is 1. The molecule has 1 amide bonds. The molecule has 110 valence electrons. The van der Waals surface area contributed by atoms with E-state index in [2.05, 4.69) is 28.9 Å². The van der Waals surface area contributed by atoms with E-state index >= 15 is 0 Å². The number of amides is 1. The molecule has 0 bridgehead atoms. The van der Waals surface area contributed by atoms with Crippen LogP contribution in [0.5, 0.6) is 0 Å². The number of hydrogen-bond acceptors (Lipinski definition) is 5. The van der Waals surface area contributed by atoms with Gasteiger partial charge in [0.1, 0.15) is 10.6 Å². The van der Waals surface area contributed by atoms with Gasteiger partial charge in [-0.15, -0.1) is 0 Å². The lowest BCUT2D eigenvalue weighted by Crippen LogP contribution is -2.28. The highest BCUT2D eigenvalue weighted by molar-refractivity contribution is 7.11. The highest BCUT2D eigenvalue weighted by Crippen LogP contribution is 2.36. The average molecular weight is 294 g/mol. The molecule has 1 aromatic rings. The van der Waals surface area contributed by atoms with Crippen LogP contribution in [0.3, 0.4) is 0 Å². The van der Waals surface area contributed by atoms with Gasteiger partial charge in [-0.3, -0.25) is 4.79 Å². The van der Waals surface area contributed by atoms with Crippen molar-refractivity contribution in [3.05, 3.63) is 5.56 Å². The van der Waals surface area contributed by atoms with Gasteiger partial charge in [-0.05, 0) is 49.1 Å². The first-order valence-electron chi connectivity index (χ1n) is 7.38. The fraction of sp³-hybridized carbons (Fsp3) is 0.714. The summed E-state index contributed by atoms with van der Waals surface area (Å²) in [5.41, 5.74) is 6.41. The largest absolute Gasteiger partial charge is 0.382 e. The van der Waals surface area contributed by atoms with Crippen molar-refractivity contribution in [2.24, 2.45) is 11.8 Å². The zero-order valence-electron chi connectivity index (χ0n) is 12.0. The fourth-order valence-electron chi connectivity index (χ4n) is 2.84. The summed E-state index contributed by atoms with van der Waals surface area (Å²) in [4.78, 5) is 12.3. The number of rotatable bonds is 4. The summed E-state index contributed by atoms with van der Waals surface area (Å²) >= 11 is 1.30. The van der Waals surface area contributed by atoms with Crippen LogP contribution in [0.2, 0.25) is 0 Å². The summed E-state index contributed by atoms with van der Waals surface area (Å²) in [5.74, 6) is 1.59. The number of aromatic nitrogens is 1. The van der Waals surface area contributed by atoms with Crippen molar-refractivity contribution in [3.8, 4) is 0 Å². The Morgan fingerprint density at radius 3 is 2.65 bits per heavy atom. The molecule has 2 aliphatic rings. The lowest BCUT2D eigenvalue weighted by atomic mass is 9.98. The second kappa shape index (κ2) is 5.24. The topological polar surface area (TPSA) is 80.0 Å². The highest BCUT2D eigenvalue weighted by Gasteiger charge is 2.32. The first-order valence-corrected chi connectivity index (χ1v) is 8.16. The van der Waals surface area contributed by atoms with Crippen LogP contribution in [0.15, 0.2) is 0 Å². The van der Waals surface area contributed by atoms with E-state index in [9.17, 15) is 4.79 Å². The summed E-state index contributed by atoms with van der Waals surface area (Å²) in [7, 11) is 0. The van der Waals surface area contributed by atoms with Gasteiger partial charge in [0, 0.05) is 12.1 Å². The van der Waals surface area contributed by atoms with Gasteiger partial charge in [-0.2, -0.15) is 4.37 Å². The predicted molar refractivity (Wildman–Crippen MR) is 82.0 cm³/mol. The number of nitrogen functional groups attached to an aromatic ring is 1. The number of carbonyl (C=O) groups excluding carboxylic acids is 1. The van der Waals surface area contributed by atoms with E-state index in [1.807, 2.05) is 0 Å². The van der Waals surface area contributed by atoms with Crippen LogP contribution in [0, 0.1) is 11.8 Å². The summed E-state index contributed by atoms with van der Waals surface area (Å²) in [6.45, 7) is 4.55. The zero-order chi connectivity index (χ0) is 14.3. The molecule has 2 fully saturated rings. The third-order valence-corrected chi connectivity index (χ3v) is 5.43. The zero-order valence-corrected chi connectivity index (χ0v) is 12.8. The summed E-state index contributed by atoms with van der Waals surface area (Å²) < 4.78 is 4.15. The molecular formula is C14H22N4OS. The Kier molecular flexibility index (Phi) is 3.58. The Balaban J connectivity index is 1.74. The van der Waals surface area contributed by atoms with Crippen molar-refractivity contribution in [2.75, 3.05) is 11.1 Å². The Labute approximate surface area is 123 Å². The average Bonchev–Trinajstić information content (AvgIpc) is 3.07. The van der Waals surface area contributed by atoms with E-state index in [-0.39, 0.29) is 5.91 Å². The molecule has 0 aromatic carbocycles. The van der Waals surface area contributed by atoms with Gasteiger partial charge in [0.25, 0.3) is 5.91 Å². The maximum Gasteiger partial charge on any atom is 0.258 e. The lowest BCUT2D eigenvalue weighted by molar-refractivity contribution is 0.0953. The smallest absolute Gasteiger partial charge is 0.258 e. The molecule has 2 aliphatic carbocycles. The molecule has 3 rings (SSSR count). The van der Waals surface area contributed by atoms with Crippen LogP contribution in [0.4, 0.5) is 10.8 Å². The van der Waals surface area contributed by atoms with Crippen molar-refractivity contribution in [1.29, 1.82) is 0 Å². The number of anilines is 2. The normalized spacial score (nSPS) is 29.4. The molecule has 6 heteroatoms. The molecule has 3 unspecified atom stereocenters. The van der Waals surface area contributed by atoms with E-state index in [0.29, 0.717) is 29.4 Å². The monoisotopic (exact) mass is 294 g/mol. The molecule has 0 saturated heterocycles. The number of nitrogens with two attached hydrogens (primary N) is 1. The molecule has 0 spiro atoms. The Bertz CT molecular complexity index is 511. The van der Waals surface area contributed by atoms with E-state index in [1.165, 1.54) is 18.0 Å². The minimum atomic E-state index is -0.0834. The van der Waals surface area contributed by atoms with Crippen molar-refractivity contribution in [3.63, 3.8) is 0 Å². The molecule has 0 radical (unpaired) electrons. The summed E-state index contributed by atoms with van der Waals surface area (Å²) in [6.07, 6.45) is 4.52. The fourth-order valence-corrected chi connectivity index (χ4v) is 3.62. The molecule has 5 nitrogen and oxygen atoms in total. The van der Waals surface area contributed by atoms with Gasteiger partial charge in [0.15, 0.2) is 5.82 Å². The Hall–Kier alpha value is -1.30. The molecule has 1 heterocycles. The molecule has 4 N–H and O–H groups in total. The van der Waals surface area contributed by atoms with Gasteiger partial charge in [0.2, 0.25) is 0 Å². The molecule has 3 atom stereocenters. The van der Waals surface area contributed by atoms with E-state index < -0.39 is 0 Å². The third kappa shape index (κ3) is 2.61. The molecule has 1 aromatic heterocycles. The number of nitrogens with one attached hydrogen (secondary N) is 2. The second-order valence-electron chi connectivity index (χ2n) is 6.18. The van der Waals surface area contributed by atoms with E-state index in [0.717, 1.165) is 30.2 Å². The van der Waals surface area contributed by atoms with Gasteiger partial charge in [0.05, 0.1) is 0 Å². The van der Waals surface area contributed by atoms with Crippen LogP contribution in [-0.2, 0) is 0 Å². The van der Waals surface area contributed by atoms with Crippen molar-refractivity contribution < 1.29 is 4.79 Å². The first-order chi connectivity index (χ1) is 9.56. The SMILES string of the molecule is CC1CCC(Nc2snc(N)c2C(=O)NC2CC2)C1C. The maximum atomic E-state index is 12.3. The Morgan fingerprint density at radius 1 is 1.30 bits per heavy atom. The second-order valence-corrected chi connectivity index (χ2v) is 6.96. The van der Waals surface area contributed by atoms with E-state index in [4.69, 9.17) is 5.73 Å². The van der Waals surface area contributed by atoms with Crippen molar-refractivity contribution in [1.82, 2.24) is 9.69 Å². The standard InChI is InChI=1S/C14H22N4OS/c1-7-3-6-10(8(7)2)17-14-11(12(15)18-20-14)13(19)16-9-4-5-9/h7-10,17H,3-6H2,1-2H3,(H2,15,18)(H,16,19). The van der Waals surface area contributed by atoms with Gasteiger partial charge in [-0.25, -0.2) is 0 Å². The van der Waals surface area contributed by atoms with Crippen molar-refractivity contribution in [2.45, 2.75) is 51.6 Å². The minimum absolute atomic E-state index is 0.0834. The molecular weight excluding hydrogens is 272 g/mol. The van der Waals surface area contributed by atoms with Gasteiger partial charge >= 0.3 is 0 Å². The molecule has 0 aliphatic heterocycles. The molecule has 2 saturated carbocycles. The minimum Gasteiger partial charge on any atom is -0.382 e. The first kappa shape index (κ1) is 13.7. The number of hydrogen-bond donors (Lipinski definition) is 3. The number of carbonyl (C=O) groups is 1. The van der Waals surface area contributed by atoms with Crippen LogP contribution in [0.25, 0.3) is 0 Å². The van der Waals surface area contributed by atoms with Crippen LogP contribution >= 0.6 is 11.5 Å². The third-order valence-electron chi connectivity index (χ3n) is 4.64. The van der Waals surface area contributed by atoms with Crippen LogP contribution < -0.4 is 16.4 Å². The highest BCUT2D eigenvalue weighted by atomic mass is 32.1.